The van der Waals surface area contributed by atoms with E-state index in [1.807, 2.05) is 34.7 Å². The number of imidazole rings is 1. The Balaban J connectivity index is 1.41. The van der Waals surface area contributed by atoms with Crippen LogP contribution in [0.25, 0.3) is 11.4 Å². The first-order valence-electron chi connectivity index (χ1n) is 10.8. The summed E-state index contributed by atoms with van der Waals surface area (Å²) in [5.74, 6) is 2.24. The van der Waals surface area contributed by atoms with Crippen molar-refractivity contribution in [3.63, 3.8) is 0 Å². The van der Waals surface area contributed by atoms with Crippen molar-refractivity contribution < 1.29 is 9.32 Å². The number of aromatic nitrogens is 4. The Bertz CT molecular complexity index is 1100. The molecule has 2 aliphatic rings. The van der Waals surface area contributed by atoms with Crippen LogP contribution in [0.3, 0.4) is 0 Å². The molecule has 0 aliphatic carbocycles. The zero-order valence-electron chi connectivity index (χ0n) is 18.3. The first kappa shape index (κ1) is 19.9. The predicted molar refractivity (Wildman–Crippen MR) is 115 cm³/mol. The molecular weight excluding hydrogens is 392 g/mol. The SMILES string of the molecule is Cc1cccc(-c2noc([C@@H]3CN(C(=O)Cn4ccnc4C)C[C@@]34CCN(C)C4)n2)c1. The molecule has 2 atom stereocenters. The van der Waals surface area contributed by atoms with Crippen molar-refractivity contribution >= 4 is 5.91 Å². The van der Waals surface area contributed by atoms with Gasteiger partial charge in [-0.1, -0.05) is 28.9 Å². The molecule has 3 aromatic rings. The smallest absolute Gasteiger partial charge is 0.242 e. The summed E-state index contributed by atoms with van der Waals surface area (Å²) < 4.78 is 7.68. The molecule has 0 bridgehead atoms. The summed E-state index contributed by atoms with van der Waals surface area (Å²) in [6, 6.07) is 8.11. The van der Waals surface area contributed by atoms with Gasteiger partial charge in [0.1, 0.15) is 12.4 Å². The average molecular weight is 421 g/mol. The Hall–Kier alpha value is -3.00. The number of benzene rings is 1. The van der Waals surface area contributed by atoms with Gasteiger partial charge in [-0.3, -0.25) is 4.79 Å². The van der Waals surface area contributed by atoms with Gasteiger partial charge in [0, 0.05) is 43.0 Å². The fourth-order valence-corrected chi connectivity index (χ4v) is 5.12. The summed E-state index contributed by atoms with van der Waals surface area (Å²) in [7, 11) is 2.14. The van der Waals surface area contributed by atoms with E-state index < -0.39 is 0 Å². The second kappa shape index (κ2) is 7.60. The molecular formula is C23H28N6O2. The van der Waals surface area contributed by atoms with Crippen LogP contribution in [0.15, 0.2) is 41.2 Å². The molecule has 31 heavy (non-hydrogen) atoms. The van der Waals surface area contributed by atoms with E-state index in [-0.39, 0.29) is 17.2 Å². The Kier molecular flexibility index (Phi) is 4.89. The molecule has 1 aromatic carbocycles. The monoisotopic (exact) mass is 420 g/mol. The molecule has 1 spiro atoms. The Morgan fingerprint density at radius 3 is 2.87 bits per heavy atom. The van der Waals surface area contributed by atoms with Gasteiger partial charge in [0.05, 0.1) is 5.92 Å². The number of hydrogen-bond donors (Lipinski definition) is 0. The van der Waals surface area contributed by atoms with Crippen molar-refractivity contribution in [3.05, 3.63) is 53.9 Å². The lowest BCUT2D eigenvalue weighted by molar-refractivity contribution is -0.131. The first-order valence-corrected chi connectivity index (χ1v) is 10.8. The van der Waals surface area contributed by atoms with Crippen LogP contribution in [-0.4, -0.2) is 68.6 Å². The van der Waals surface area contributed by atoms with Gasteiger partial charge in [-0.25, -0.2) is 4.98 Å². The Labute approximate surface area is 181 Å². The highest BCUT2D eigenvalue weighted by atomic mass is 16.5. The van der Waals surface area contributed by atoms with Gasteiger partial charge in [-0.2, -0.15) is 4.98 Å². The van der Waals surface area contributed by atoms with E-state index in [1.165, 1.54) is 0 Å². The highest BCUT2D eigenvalue weighted by Gasteiger charge is 2.53. The van der Waals surface area contributed by atoms with Crippen molar-refractivity contribution in [1.82, 2.24) is 29.5 Å². The minimum absolute atomic E-state index is 0.0383. The normalized spacial score (nSPS) is 23.8. The topological polar surface area (TPSA) is 80.3 Å². The molecule has 2 saturated heterocycles. The second-order valence-electron chi connectivity index (χ2n) is 9.11. The number of hydrogen-bond acceptors (Lipinski definition) is 6. The van der Waals surface area contributed by atoms with Crippen molar-refractivity contribution in [2.24, 2.45) is 5.41 Å². The third-order valence-electron chi connectivity index (χ3n) is 6.82. The number of carbonyl (C=O) groups excluding carboxylic acids is 1. The van der Waals surface area contributed by atoms with Crippen molar-refractivity contribution in [3.8, 4) is 11.4 Å². The summed E-state index contributed by atoms with van der Waals surface area (Å²) in [6.45, 7) is 7.54. The Morgan fingerprint density at radius 1 is 1.29 bits per heavy atom. The van der Waals surface area contributed by atoms with E-state index in [4.69, 9.17) is 9.51 Å². The van der Waals surface area contributed by atoms with E-state index in [0.717, 1.165) is 43.0 Å². The molecule has 2 fully saturated rings. The molecule has 0 saturated carbocycles. The number of amides is 1. The first-order chi connectivity index (χ1) is 14.9. The van der Waals surface area contributed by atoms with Crippen molar-refractivity contribution in [2.45, 2.75) is 32.7 Å². The van der Waals surface area contributed by atoms with Crippen LogP contribution in [0.1, 0.15) is 29.6 Å². The third kappa shape index (κ3) is 3.65. The number of likely N-dealkylation sites (tertiary alicyclic amines) is 2. The van der Waals surface area contributed by atoms with Crippen LogP contribution in [0.4, 0.5) is 0 Å². The zero-order valence-corrected chi connectivity index (χ0v) is 18.3. The van der Waals surface area contributed by atoms with Gasteiger partial charge in [0.2, 0.25) is 17.6 Å². The lowest BCUT2D eigenvalue weighted by atomic mass is 9.77. The van der Waals surface area contributed by atoms with Crippen LogP contribution in [-0.2, 0) is 11.3 Å². The molecule has 0 N–H and O–H groups in total. The highest BCUT2D eigenvalue weighted by Crippen LogP contribution is 2.48. The largest absolute Gasteiger partial charge is 0.340 e. The van der Waals surface area contributed by atoms with E-state index in [1.54, 1.807) is 6.20 Å². The number of rotatable bonds is 4. The van der Waals surface area contributed by atoms with Crippen molar-refractivity contribution in [2.75, 3.05) is 33.2 Å². The lowest BCUT2D eigenvalue weighted by Crippen LogP contribution is -2.36. The molecule has 0 radical (unpaired) electrons. The maximum absolute atomic E-state index is 13.1. The standard InChI is InChI=1S/C23H28N6O2/c1-16-5-4-6-18(11-16)21-25-22(31-26-21)19-12-29(15-23(19)7-9-27(3)14-23)20(30)13-28-10-8-24-17(28)2/h4-6,8,10-11,19H,7,9,12-15H2,1-3H3/t19-,23-/m0/s1. The Morgan fingerprint density at radius 2 is 2.16 bits per heavy atom. The molecule has 4 heterocycles. The molecule has 162 valence electrons. The minimum atomic E-state index is -0.0508. The zero-order chi connectivity index (χ0) is 21.6. The van der Waals surface area contributed by atoms with E-state index >= 15 is 0 Å². The summed E-state index contributed by atoms with van der Waals surface area (Å²) in [5, 5.41) is 4.27. The summed E-state index contributed by atoms with van der Waals surface area (Å²) in [4.78, 5) is 26.4. The fraction of sp³-hybridized carbons (Fsp3) is 0.478. The number of aryl methyl sites for hydroxylation is 2. The highest BCUT2D eigenvalue weighted by molar-refractivity contribution is 5.76. The average Bonchev–Trinajstić information content (AvgIpc) is 3.51. The third-order valence-corrected chi connectivity index (χ3v) is 6.82. The maximum atomic E-state index is 13.1. The van der Waals surface area contributed by atoms with Gasteiger partial charge in [0.15, 0.2) is 0 Å². The summed E-state index contributed by atoms with van der Waals surface area (Å²) >= 11 is 0. The van der Waals surface area contributed by atoms with E-state index in [0.29, 0.717) is 24.8 Å². The van der Waals surface area contributed by atoms with E-state index in [9.17, 15) is 4.79 Å². The maximum Gasteiger partial charge on any atom is 0.242 e. The van der Waals surface area contributed by atoms with Crippen LogP contribution < -0.4 is 0 Å². The molecule has 8 nitrogen and oxygen atoms in total. The second-order valence-corrected chi connectivity index (χ2v) is 9.11. The van der Waals surface area contributed by atoms with E-state index in [2.05, 4.69) is 41.1 Å². The van der Waals surface area contributed by atoms with Crippen LogP contribution >= 0.6 is 0 Å². The minimum Gasteiger partial charge on any atom is -0.340 e. The lowest BCUT2D eigenvalue weighted by Gasteiger charge is -2.27. The van der Waals surface area contributed by atoms with Gasteiger partial charge in [-0.05, 0) is 39.9 Å². The molecule has 8 heteroatoms. The molecule has 5 rings (SSSR count). The number of nitrogens with zero attached hydrogens (tertiary/aromatic N) is 6. The van der Waals surface area contributed by atoms with Crippen LogP contribution in [0.5, 0.6) is 0 Å². The fourth-order valence-electron chi connectivity index (χ4n) is 5.12. The molecule has 0 unspecified atom stereocenters. The molecule has 2 aromatic heterocycles. The van der Waals surface area contributed by atoms with Gasteiger partial charge in [0.25, 0.3) is 0 Å². The van der Waals surface area contributed by atoms with Crippen molar-refractivity contribution in [1.29, 1.82) is 0 Å². The summed E-state index contributed by atoms with van der Waals surface area (Å²) in [5.41, 5.74) is 2.06. The molecule has 1 amide bonds. The van der Waals surface area contributed by atoms with Gasteiger partial charge < -0.3 is 18.9 Å². The van der Waals surface area contributed by atoms with Crippen LogP contribution in [0, 0.1) is 19.3 Å². The van der Waals surface area contributed by atoms with Gasteiger partial charge >= 0.3 is 0 Å². The molecule has 2 aliphatic heterocycles. The summed E-state index contributed by atoms with van der Waals surface area (Å²) in [6.07, 6.45) is 4.60. The van der Waals surface area contributed by atoms with Gasteiger partial charge in [-0.15, -0.1) is 0 Å². The predicted octanol–water partition coefficient (Wildman–Crippen LogP) is 2.50. The quantitative estimate of drug-likeness (QED) is 0.645. The number of carbonyl (C=O) groups is 1. The van der Waals surface area contributed by atoms with Crippen LogP contribution in [0.2, 0.25) is 0 Å².